The average molecular weight is 274 g/mol. The number of aliphatic carboxylic acids is 1. The lowest BCUT2D eigenvalue weighted by molar-refractivity contribution is -0.308. The number of carboxylic acids is 1. The van der Waals surface area contributed by atoms with E-state index in [2.05, 4.69) is 0 Å². The first-order valence-electron chi connectivity index (χ1n) is 5.39. The van der Waals surface area contributed by atoms with Crippen molar-refractivity contribution >= 4 is 11.9 Å². The Morgan fingerprint density at radius 1 is 1.21 bits per heavy atom. The molecule has 0 aliphatic carbocycles. The fraction of sp³-hybridized carbons (Fsp3) is 0.333. The van der Waals surface area contributed by atoms with Gasteiger partial charge in [-0.05, 0) is 5.56 Å². The van der Waals surface area contributed by atoms with Crippen molar-refractivity contribution in [3.05, 3.63) is 35.9 Å². The zero-order valence-corrected chi connectivity index (χ0v) is 9.74. The van der Waals surface area contributed by atoms with Crippen LogP contribution in [0.2, 0.25) is 0 Å². The molecule has 7 heteroatoms. The normalized spacial score (nSPS) is 12.8. The van der Waals surface area contributed by atoms with E-state index in [0.717, 1.165) is 0 Å². The van der Waals surface area contributed by atoms with E-state index in [1.807, 2.05) is 0 Å². The summed E-state index contributed by atoms with van der Waals surface area (Å²) in [6, 6.07) is 5.72. The molecule has 104 valence electrons. The largest absolute Gasteiger partial charge is 0.550 e. The van der Waals surface area contributed by atoms with Gasteiger partial charge in [0.25, 0.3) is 0 Å². The minimum atomic E-state index is -4.83. The molecule has 0 fully saturated rings. The summed E-state index contributed by atoms with van der Waals surface area (Å²) in [6.45, 7) is 0. The summed E-state index contributed by atoms with van der Waals surface area (Å²) >= 11 is 0. The van der Waals surface area contributed by atoms with Gasteiger partial charge in [-0.1, -0.05) is 30.3 Å². The summed E-state index contributed by atoms with van der Waals surface area (Å²) in [7, 11) is 0. The highest BCUT2D eigenvalue weighted by Gasteiger charge is 2.40. The Balaban J connectivity index is 2.64. The Labute approximate surface area is 107 Å². The Kier molecular flexibility index (Phi) is 4.91. The number of hydrogen-bond donors (Lipinski definition) is 1. The van der Waals surface area contributed by atoms with E-state index in [9.17, 15) is 27.9 Å². The predicted molar refractivity (Wildman–Crippen MR) is 57.8 cm³/mol. The highest BCUT2D eigenvalue weighted by molar-refractivity contribution is 5.79. The molecule has 1 aromatic carbocycles. The Morgan fingerprint density at radius 2 is 1.79 bits per heavy atom. The van der Waals surface area contributed by atoms with Crippen molar-refractivity contribution in [1.82, 2.24) is 5.32 Å². The molecule has 1 rings (SSSR count). The summed E-state index contributed by atoms with van der Waals surface area (Å²) in [5.41, 5.74) is 0.536. The lowest BCUT2D eigenvalue weighted by Crippen LogP contribution is -2.49. The number of benzene rings is 1. The first kappa shape index (κ1) is 15.0. The van der Waals surface area contributed by atoms with Crippen LogP contribution >= 0.6 is 0 Å². The molecule has 0 heterocycles. The maximum Gasteiger partial charge on any atom is 0.408 e. The van der Waals surface area contributed by atoms with Crippen molar-refractivity contribution in [3.8, 4) is 0 Å². The van der Waals surface area contributed by atoms with Crippen LogP contribution in [0.15, 0.2) is 30.3 Å². The van der Waals surface area contributed by atoms with Crippen LogP contribution in [0.1, 0.15) is 12.0 Å². The van der Waals surface area contributed by atoms with Crippen LogP contribution < -0.4 is 10.4 Å². The molecule has 19 heavy (non-hydrogen) atoms. The van der Waals surface area contributed by atoms with E-state index in [0.29, 0.717) is 5.56 Å². The highest BCUT2D eigenvalue weighted by Crippen LogP contribution is 2.22. The number of carbonyl (C=O) groups excluding carboxylic acids is 2. The number of nitrogens with one attached hydrogen (secondary N) is 1. The standard InChI is InChI=1S/C12H12F3NO3/c13-12(14,15)9(7-11(18)19)16-10(17)6-8-4-2-1-3-5-8/h1-5,9H,6-7H2,(H,16,17)(H,18,19)/p-1/t9-/m1/s1. The van der Waals surface area contributed by atoms with Crippen LogP contribution in [0.3, 0.4) is 0 Å². The van der Waals surface area contributed by atoms with Gasteiger partial charge < -0.3 is 15.2 Å². The zero-order valence-electron chi connectivity index (χ0n) is 9.74. The molecule has 1 aromatic rings. The van der Waals surface area contributed by atoms with Gasteiger partial charge >= 0.3 is 6.18 Å². The lowest BCUT2D eigenvalue weighted by Gasteiger charge is -2.22. The van der Waals surface area contributed by atoms with Crippen molar-refractivity contribution in [2.24, 2.45) is 0 Å². The van der Waals surface area contributed by atoms with Crippen LogP contribution in [-0.2, 0) is 16.0 Å². The second-order valence-electron chi connectivity index (χ2n) is 3.90. The average Bonchev–Trinajstić information content (AvgIpc) is 2.27. The second-order valence-corrected chi connectivity index (χ2v) is 3.90. The van der Waals surface area contributed by atoms with E-state index in [-0.39, 0.29) is 6.42 Å². The number of rotatable bonds is 5. The fourth-order valence-electron chi connectivity index (χ4n) is 1.44. The van der Waals surface area contributed by atoms with Gasteiger partial charge in [0.2, 0.25) is 5.91 Å². The molecule has 0 bridgehead atoms. The number of carboxylic acid groups (broad SMARTS) is 1. The Bertz CT molecular complexity index is 445. The highest BCUT2D eigenvalue weighted by atomic mass is 19.4. The molecule has 1 N–H and O–H groups in total. The summed E-state index contributed by atoms with van der Waals surface area (Å²) in [5.74, 6) is -2.77. The molecular weight excluding hydrogens is 263 g/mol. The van der Waals surface area contributed by atoms with E-state index >= 15 is 0 Å². The number of alkyl halides is 3. The van der Waals surface area contributed by atoms with Crippen molar-refractivity contribution in [2.75, 3.05) is 0 Å². The first-order chi connectivity index (χ1) is 8.79. The van der Waals surface area contributed by atoms with Crippen LogP contribution in [0, 0.1) is 0 Å². The SMILES string of the molecule is O=C([O-])C[C@@H](NC(=O)Cc1ccccc1)C(F)(F)F. The van der Waals surface area contributed by atoms with Crippen LogP contribution in [0.25, 0.3) is 0 Å². The maximum absolute atomic E-state index is 12.5. The van der Waals surface area contributed by atoms with Gasteiger partial charge in [0.1, 0.15) is 6.04 Å². The topological polar surface area (TPSA) is 69.2 Å². The van der Waals surface area contributed by atoms with Crippen LogP contribution in [0.5, 0.6) is 0 Å². The quantitative estimate of drug-likeness (QED) is 0.845. The van der Waals surface area contributed by atoms with E-state index in [1.165, 1.54) is 0 Å². The lowest BCUT2D eigenvalue weighted by atomic mass is 10.1. The van der Waals surface area contributed by atoms with E-state index in [1.54, 1.807) is 35.6 Å². The van der Waals surface area contributed by atoms with E-state index in [4.69, 9.17) is 0 Å². The van der Waals surface area contributed by atoms with Gasteiger partial charge in [0.05, 0.1) is 6.42 Å². The zero-order chi connectivity index (χ0) is 14.5. The molecule has 0 aliphatic heterocycles. The molecule has 0 spiro atoms. The van der Waals surface area contributed by atoms with Gasteiger partial charge in [-0.15, -0.1) is 0 Å². The summed E-state index contributed by atoms with van der Waals surface area (Å²) < 4.78 is 37.4. The molecule has 0 saturated carbocycles. The number of halogens is 3. The summed E-state index contributed by atoms with van der Waals surface area (Å²) in [6.07, 6.45) is -6.38. The summed E-state index contributed by atoms with van der Waals surface area (Å²) in [5, 5.41) is 11.9. The van der Waals surface area contributed by atoms with Gasteiger partial charge in [-0.2, -0.15) is 13.2 Å². The molecule has 0 radical (unpaired) electrons. The smallest absolute Gasteiger partial charge is 0.408 e. The minimum Gasteiger partial charge on any atom is -0.550 e. The van der Waals surface area contributed by atoms with Gasteiger partial charge in [0, 0.05) is 12.4 Å². The molecule has 1 atom stereocenters. The van der Waals surface area contributed by atoms with Gasteiger partial charge in [-0.3, -0.25) is 4.79 Å². The van der Waals surface area contributed by atoms with Gasteiger partial charge in [-0.25, -0.2) is 0 Å². The Hall–Kier alpha value is -2.05. The first-order valence-corrected chi connectivity index (χ1v) is 5.39. The minimum absolute atomic E-state index is 0.250. The van der Waals surface area contributed by atoms with Crippen LogP contribution in [0.4, 0.5) is 13.2 Å². The van der Waals surface area contributed by atoms with E-state index < -0.39 is 30.5 Å². The molecule has 1 amide bonds. The number of amides is 1. The maximum atomic E-state index is 12.5. The Morgan fingerprint density at radius 3 is 2.26 bits per heavy atom. The van der Waals surface area contributed by atoms with Crippen LogP contribution in [-0.4, -0.2) is 24.1 Å². The second kappa shape index (κ2) is 6.21. The molecule has 0 unspecified atom stereocenters. The van der Waals surface area contributed by atoms with Crippen molar-refractivity contribution in [1.29, 1.82) is 0 Å². The molecule has 4 nitrogen and oxygen atoms in total. The predicted octanol–water partition coefficient (Wildman–Crippen LogP) is 0.416. The van der Waals surface area contributed by atoms with Crippen molar-refractivity contribution < 1.29 is 27.9 Å². The van der Waals surface area contributed by atoms with Crippen molar-refractivity contribution in [3.63, 3.8) is 0 Å². The van der Waals surface area contributed by atoms with Crippen molar-refractivity contribution in [2.45, 2.75) is 25.1 Å². The molecule has 0 saturated heterocycles. The third-order valence-corrected chi connectivity index (χ3v) is 2.31. The number of hydrogen-bond acceptors (Lipinski definition) is 3. The summed E-state index contributed by atoms with van der Waals surface area (Å²) in [4.78, 5) is 21.7. The fourth-order valence-corrected chi connectivity index (χ4v) is 1.44. The number of carbonyl (C=O) groups is 2. The van der Waals surface area contributed by atoms with Gasteiger partial charge in [0.15, 0.2) is 0 Å². The molecule has 0 aliphatic rings. The molecule has 0 aromatic heterocycles. The molecular formula is C12H11F3NO3-. The third-order valence-electron chi connectivity index (χ3n) is 2.31. The third kappa shape index (κ3) is 5.41. The monoisotopic (exact) mass is 274 g/mol.